The van der Waals surface area contributed by atoms with Gasteiger partial charge in [-0.15, -0.1) is 0 Å². The van der Waals surface area contributed by atoms with Gasteiger partial charge in [0.1, 0.15) is 11.6 Å². The molecule has 19 heavy (non-hydrogen) atoms. The molecule has 0 aromatic heterocycles. The lowest BCUT2D eigenvalue weighted by atomic mass is 10.2. The van der Waals surface area contributed by atoms with Crippen LogP contribution in [0.15, 0.2) is 51.8 Å². The standard InChI is InChI=1S/C13H9BrF2O2S/c14-12-6-9(4-5-13(12)16)8-19(17,18)11-3-1-2-10(15)7-11/h1-7H,8H2. The highest BCUT2D eigenvalue weighted by Gasteiger charge is 2.16. The second-order valence-electron chi connectivity index (χ2n) is 3.96. The van der Waals surface area contributed by atoms with Crippen LogP contribution in [0.25, 0.3) is 0 Å². The van der Waals surface area contributed by atoms with E-state index in [0.717, 1.165) is 6.07 Å². The van der Waals surface area contributed by atoms with Gasteiger partial charge in [0.15, 0.2) is 9.84 Å². The van der Waals surface area contributed by atoms with Gasteiger partial charge in [0.25, 0.3) is 0 Å². The van der Waals surface area contributed by atoms with Gasteiger partial charge in [-0.3, -0.25) is 0 Å². The van der Waals surface area contributed by atoms with E-state index in [2.05, 4.69) is 15.9 Å². The molecule has 0 atom stereocenters. The van der Waals surface area contributed by atoms with E-state index in [-0.39, 0.29) is 15.1 Å². The number of hydrogen-bond donors (Lipinski definition) is 0. The summed E-state index contributed by atoms with van der Waals surface area (Å²) in [6, 6.07) is 8.77. The van der Waals surface area contributed by atoms with Gasteiger partial charge < -0.3 is 0 Å². The number of rotatable bonds is 3. The second kappa shape index (κ2) is 5.38. The SMILES string of the molecule is O=S(=O)(Cc1ccc(F)c(Br)c1)c1cccc(F)c1. The van der Waals surface area contributed by atoms with Crippen molar-refractivity contribution in [1.29, 1.82) is 0 Å². The van der Waals surface area contributed by atoms with Crippen molar-refractivity contribution < 1.29 is 17.2 Å². The molecule has 2 aromatic rings. The van der Waals surface area contributed by atoms with E-state index in [1.54, 1.807) is 0 Å². The molecule has 6 heteroatoms. The third-order valence-corrected chi connectivity index (χ3v) is 4.79. The third-order valence-electron chi connectivity index (χ3n) is 2.50. The molecule has 0 bridgehead atoms. The van der Waals surface area contributed by atoms with E-state index in [9.17, 15) is 17.2 Å². The first-order chi connectivity index (χ1) is 8.88. The van der Waals surface area contributed by atoms with Crippen LogP contribution in [0.3, 0.4) is 0 Å². The summed E-state index contributed by atoms with van der Waals surface area (Å²) in [4.78, 5) is -0.0899. The third kappa shape index (κ3) is 3.39. The largest absolute Gasteiger partial charge is 0.223 e. The summed E-state index contributed by atoms with van der Waals surface area (Å²) >= 11 is 2.99. The molecule has 0 spiro atoms. The van der Waals surface area contributed by atoms with Gasteiger partial charge in [-0.1, -0.05) is 12.1 Å². The summed E-state index contributed by atoms with van der Waals surface area (Å²) in [5, 5.41) is 0. The Morgan fingerprint density at radius 2 is 1.79 bits per heavy atom. The fraction of sp³-hybridized carbons (Fsp3) is 0.0769. The fourth-order valence-corrected chi connectivity index (χ4v) is 3.38. The Hall–Kier alpha value is -1.27. The van der Waals surface area contributed by atoms with Crippen molar-refractivity contribution in [2.24, 2.45) is 0 Å². The van der Waals surface area contributed by atoms with Crippen LogP contribution in [-0.4, -0.2) is 8.42 Å². The minimum Gasteiger partial charge on any atom is -0.223 e. The number of benzene rings is 2. The van der Waals surface area contributed by atoms with Crippen molar-refractivity contribution in [1.82, 2.24) is 0 Å². The van der Waals surface area contributed by atoms with E-state index >= 15 is 0 Å². The maximum atomic E-state index is 13.1. The zero-order valence-corrected chi connectivity index (χ0v) is 12.0. The Kier molecular flexibility index (Phi) is 4.01. The van der Waals surface area contributed by atoms with Crippen LogP contribution in [0.4, 0.5) is 8.78 Å². The van der Waals surface area contributed by atoms with Crippen molar-refractivity contribution in [2.45, 2.75) is 10.6 Å². The van der Waals surface area contributed by atoms with Gasteiger partial charge in [-0.25, -0.2) is 17.2 Å². The number of hydrogen-bond acceptors (Lipinski definition) is 2. The van der Waals surface area contributed by atoms with E-state index in [4.69, 9.17) is 0 Å². The van der Waals surface area contributed by atoms with Crippen LogP contribution in [0.5, 0.6) is 0 Å². The molecule has 2 aromatic carbocycles. The van der Waals surface area contributed by atoms with E-state index in [1.807, 2.05) is 0 Å². The highest BCUT2D eigenvalue weighted by Crippen LogP contribution is 2.21. The van der Waals surface area contributed by atoms with Crippen LogP contribution < -0.4 is 0 Å². The normalized spacial score (nSPS) is 11.5. The van der Waals surface area contributed by atoms with Crippen LogP contribution in [-0.2, 0) is 15.6 Å². The molecule has 0 aliphatic carbocycles. The molecule has 0 aliphatic heterocycles. The molecule has 0 unspecified atom stereocenters. The van der Waals surface area contributed by atoms with Gasteiger partial charge in [0, 0.05) is 0 Å². The van der Waals surface area contributed by atoms with Gasteiger partial charge in [-0.2, -0.15) is 0 Å². The smallest absolute Gasteiger partial charge is 0.182 e. The Morgan fingerprint density at radius 1 is 1.05 bits per heavy atom. The average molecular weight is 347 g/mol. The van der Waals surface area contributed by atoms with Crippen LogP contribution in [0, 0.1) is 11.6 Å². The molecule has 0 heterocycles. The molecule has 0 aliphatic rings. The van der Waals surface area contributed by atoms with Crippen molar-refractivity contribution in [3.8, 4) is 0 Å². The summed E-state index contributed by atoms with van der Waals surface area (Å²) in [5.41, 5.74) is 0.428. The average Bonchev–Trinajstić information content (AvgIpc) is 2.33. The predicted molar refractivity (Wildman–Crippen MR) is 71.4 cm³/mol. The van der Waals surface area contributed by atoms with Gasteiger partial charge in [-0.05, 0) is 51.8 Å². The summed E-state index contributed by atoms with van der Waals surface area (Å²) < 4.78 is 50.4. The highest BCUT2D eigenvalue weighted by molar-refractivity contribution is 9.10. The van der Waals surface area contributed by atoms with Crippen LogP contribution in [0.2, 0.25) is 0 Å². The first-order valence-electron chi connectivity index (χ1n) is 5.31. The molecule has 2 rings (SSSR count). The summed E-state index contributed by atoms with van der Waals surface area (Å²) in [6.45, 7) is 0. The lowest BCUT2D eigenvalue weighted by molar-refractivity contribution is 0.589. The van der Waals surface area contributed by atoms with Crippen molar-refractivity contribution in [3.63, 3.8) is 0 Å². The zero-order valence-electron chi connectivity index (χ0n) is 9.61. The molecule has 0 radical (unpaired) electrons. The topological polar surface area (TPSA) is 34.1 Å². The molecule has 2 nitrogen and oxygen atoms in total. The van der Waals surface area contributed by atoms with Crippen molar-refractivity contribution >= 4 is 25.8 Å². The minimum absolute atomic E-state index is 0.0899. The molecule has 0 saturated carbocycles. The molecule has 0 N–H and O–H groups in total. The molecular formula is C13H9BrF2O2S. The number of halogens is 3. The summed E-state index contributed by atoms with van der Waals surface area (Å²) in [7, 11) is -3.65. The Morgan fingerprint density at radius 3 is 2.42 bits per heavy atom. The van der Waals surface area contributed by atoms with Crippen LogP contribution >= 0.6 is 15.9 Å². The number of sulfone groups is 1. The van der Waals surface area contributed by atoms with Crippen molar-refractivity contribution in [3.05, 3.63) is 64.1 Å². The zero-order chi connectivity index (χ0) is 14.0. The monoisotopic (exact) mass is 346 g/mol. The van der Waals surface area contributed by atoms with E-state index < -0.39 is 21.5 Å². The molecule has 0 saturated heterocycles. The van der Waals surface area contributed by atoms with E-state index in [0.29, 0.717) is 5.56 Å². The molecule has 100 valence electrons. The van der Waals surface area contributed by atoms with Gasteiger partial charge in [0.05, 0.1) is 15.1 Å². The molecular weight excluding hydrogens is 338 g/mol. The Balaban J connectivity index is 2.33. The first-order valence-corrected chi connectivity index (χ1v) is 7.75. The highest BCUT2D eigenvalue weighted by atomic mass is 79.9. The van der Waals surface area contributed by atoms with Crippen molar-refractivity contribution in [2.75, 3.05) is 0 Å². The summed E-state index contributed by atoms with van der Waals surface area (Å²) in [5.74, 6) is -1.39. The Bertz CT molecular complexity index is 714. The van der Waals surface area contributed by atoms with E-state index in [1.165, 1.54) is 36.4 Å². The lowest BCUT2D eigenvalue weighted by Gasteiger charge is -2.05. The minimum atomic E-state index is -3.65. The predicted octanol–water partition coefficient (Wildman–Crippen LogP) is 3.70. The van der Waals surface area contributed by atoms with Gasteiger partial charge >= 0.3 is 0 Å². The van der Waals surface area contributed by atoms with Gasteiger partial charge in [0.2, 0.25) is 0 Å². The lowest BCUT2D eigenvalue weighted by Crippen LogP contribution is -2.05. The van der Waals surface area contributed by atoms with Crippen LogP contribution in [0.1, 0.15) is 5.56 Å². The second-order valence-corrected chi connectivity index (χ2v) is 6.81. The maximum Gasteiger partial charge on any atom is 0.182 e. The maximum absolute atomic E-state index is 13.1. The summed E-state index contributed by atoms with van der Waals surface area (Å²) in [6.07, 6.45) is 0. The molecule has 0 amide bonds. The quantitative estimate of drug-likeness (QED) is 0.849. The fourth-order valence-electron chi connectivity index (χ4n) is 1.59. The Labute approximate surface area is 118 Å². The first kappa shape index (κ1) is 14.1. The molecule has 0 fully saturated rings.